The molecule has 1 aromatic carbocycles. The normalized spacial score (nSPS) is 19.7. The minimum atomic E-state index is -0.627. The van der Waals surface area contributed by atoms with E-state index in [2.05, 4.69) is 0 Å². The second-order valence-electron chi connectivity index (χ2n) is 5.14. The molecule has 5 heteroatoms. The molecule has 114 valence electrons. The van der Waals surface area contributed by atoms with Crippen molar-refractivity contribution in [3.05, 3.63) is 30.3 Å². The topological polar surface area (TPSA) is 55.8 Å². The Bertz CT molecular complexity index is 488. The highest BCUT2D eigenvalue weighted by molar-refractivity contribution is 5.87. The molecule has 1 heterocycles. The van der Waals surface area contributed by atoms with E-state index in [0.717, 1.165) is 12.8 Å². The lowest BCUT2D eigenvalue weighted by Crippen LogP contribution is -2.52. The first-order chi connectivity index (χ1) is 10.1. The van der Waals surface area contributed by atoms with E-state index in [1.54, 1.807) is 24.0 Å². The number of benzene rings is 1. The molecule has 2 unspecified atom stereocenters. The van der Waals surface area contributed by atoms with Crippen LogP contribution >= 0.6 is 0 Å². The zero-order chi connectivity index (χ0) is 15.2. The lowest BCUT2D eigenvalue weighted by molar-refractivity contribution is -0.157. The molecule has 1 amide bonds. The molecule has 2 rings (SSSR count). The quantitative estimate of drug-likeness (QED) is 0.796. The Kier molecular flexibility index (Phi) is 5.20. The van der Waals surface area contributed by atoms with Crippen LogP contribution in [0.1, 0.15) is 26.2 Å². The van der Waals surface area contributed by atoms with Gasteiger partial charge in [-0.25, -0.2) is 4.79 Å². The van der Waals surface area contributed by atoms with Crippen molar-refractivity contribution in [3.63, 3.8) is 0 Å². The van der Waals surface area contributed by atoms with E-state index in [-0.39, 0.29) is 11.9 Å². The van der Waals surface area contributed by atoms with Crippen LogP contribution in [-0.2, 0) is 14.3 Å². The third-order valence-corrected chi connectivity index (χ3v) is 3.66. The smallest absolute Gasteiger partial charge is 0.328 e. The van der Waals surface area contributed by atoms with Crippen LogP contribution < -0.4 is 4.74 Å². The number of rotatable bonds is 4. The van der Waals surface area contributed by atoms with Gasteiger partial charge >= 0.3 is 5.97 Å². The Balaban J connectivity index is 2.04. The fourth-order valence-electron chi connectivity index (χ4n) is 2.56. The summed E-state index contributed by atoms with van der Waals surface area (Å²) in [5.41, 5.74) is 0. The number of likely N-dealkylation sites (tertiary alicyclic amines) is 1. The Morgan fingerprint density at radius 3 is 2.62 bits per heavy atom. The van der Waals surface area contributed by atoms with E-state index in [1.807, 2.05) is 18.2 Å². The van der Waals surface area contributed by atoms with Crippen molar-refractivity contribution < 1.29 is 19.1 Å². The zero-order valence-electron chi connectivity index (χ0n) is 12.5. The minimum Gasteiger partial charge on any atom is -0.481 e. The number of carbonyl (C=O) groups excluding carboxylic acids is 2. The van der Waals surface area contributed by atoms with Gasteiger partial charge in [0.05, 0.1) is 7.11 Å². The SMILES string of the molecule is COC(=O)C1CCCCN1C(=O)C(C)Oc1ccccc1. The summed E-state index contributed by atoms with van der Waals surface area (Å²) in [5.74, 6) is 0.119. The van der Waals surface area contributed by atoms with Gasteiger partial charge in [0.15, 0.2) is 6.10 Å². The molecule has 2 atom stereocenters. The lowest BCUT2D eigenvalue weighted by atomic mass is 10.0. The van der Waals surface area contributed by atoms with Crippen molar-refractivity contribution >= 4 is 11.9 Å². The fourth-order valence-corrected chi connectivity index (χ4v) is 2.56. The maximum absolute atomic E-state index is 12.5. The number of carbonyl (C=O) groups is 2. The second kappa shape index (κ2) is 7.11. The van der Waals surface area contributed by atoms with Gasteiger partial charge in [-0.3, -0.25) is 4.79 Å². The third-order valence-electron chi connectivity index (χ3n) is 3.66. The summed E-state index contributed by atoms with van der Waals surface area (Å²) in [6, 6.07) is 8.71. The molecular formula is C16H21NO4. The highest BCUT2D eigenvalue weighted by atomic mass is 16.5. The molecule has 1 aliphatic rings. The van der Waals surface area contributed by atoms with Crippen molar-refractivity contribution in [1.82, 2.24) is 4.90 Å². The molecule has 1 fully saturated rings. The first-order valence-electron chi connectivity index (χ1n) is 7.23. The van der Waals surface area contributed by atoms with Crippen molar-refractivity contribution in [3.8, 4) is 5.75 Å². The number of hydrogen-bond donors (Lipinski definition) is 0. The summed E-state index contributed by atoms with van der Waals surface area (Å²) < 4.78 is 10.4. The Hall–Kier alpha value is -2.04. The molecule has 1 aromatic rings. The van der Waals surface area contributed by atoms with E-state index in [0.29, 0.717) is 18.7 Å². The average molecular weight is 291 g/mol. The van der Waals surface area contributed by atoms with E-state index in [4.69, 9.17) is 9.47 Å². The third kappa shape index (κ3) is 3.74. The van der Waals surface area contributed by atoms with Crippen LogP contribution in [0.25, 0.3) is 0 Å². The van der Waals surface area contributed by atoms with Gasteiger partial charge in [-0.1, -0.05) is 18.2 Å². The van der Waals surface area contributed by atoms with Gasteiger partial charge in [-0.15, -0.1) is 0 Å². The molecule has 1 saturated heterocycles. The highest BCUT2D eigenvalue weighted by Gasteiger charge is 2.35. The summed E-state index contributed by atoms with van der Waals surface area (Å²) in [6.07, 6.45) is 1.85. The van der Waals surface area contributed by atoms with Crippen LogP contribution in [0.5, 0.6) is 5.75 Å². The molecule has 0 bridgehead atoms. The molecule has 0 N–H and O–H groups in total. The number of esters is 1. The summed E-state index contributed by atoms with van der Waals surface area (Å²) in [6.45, 7) is 2.28. The first kappa shape index (κ1) is 15.4. The molecule has 0 aliphatic carbocycles. The summed E-state index contributed by atoms with van der Waals surface area (Å²) in [7, 11) is 1.35. The molecule has 5 nitrogen and oxygen atoms in total. The summed E-state index contributed by atoms with van der Waals surface area (Å²) in [4.78, 5) is 25.9. The first-order valence-corrected chi connectivity index (χ1v) is 7.23. The molecular weight excluding hydrogens is 270 g/mol. The van der Waals surface area contributed by atoms with E-state index in [1.165, 1.54) is 7.11 Å². The van der Waals surface area contributed by atoms with E-state index < -0.39 is 12.1 Å². The van der Waals surface area contributed by atoms with Gasteiger partial charge < -0.3 is 14.4 Å². The molecule has 0 saturated carbocycles. The van der Waals surface area contributed by atoms with E-state index >= 15 is 0 Å². The van der Waals surface area contributed by atoms with Crippen LogP contribution in [0.3, 0.4) is 0 Å². The number of nitrogens with zero attached hydrogens (tertiary/aromatic N) is 1. The average Bonchev–Trinajstić information content (AvgIpc) is 2.54. The molecule has 21 heavy (non-hydrogen) atoms. The van der Waals surface area contributed by atoms with Crippen LogP contribution in [0, 0.1) is 0 Å². The molecule has 0 spiro atoms. The molecule has 0 aromatic heterocycles. The van der Waals surface area contributed by atoms with Crippen LogP contribution in [0.15, 0.2) is 30.3 Å². The number of methoxy groups -OCH3 is 1. The second-order valence-corrected chi connectivity index (χ2v) is 5.14. The van der Waals surface area contributed by atoms with Gasteiger partial charge in [0.2, 0.25) is 0 Å². The number of hydrogen-bond acceptors (Lipinski definition) is 4. The van der Waals surface area contributed by atoms with Crippen molar-refractivity contribution in [2.24, 2.45) is 0 Å². The zero-order valence-corrected chi connectivity index (χ0v) is 12.5. The van der Waals surface area contributed by atoms with Crippen LogP contribution in [0.2, 0.25) is 0 Å². The lowest BCUT2D eigenvalue weighted by Gasteiger charge is -2.35. The van der Waals surface area contributed by atoms with Crippen molar-refractivity contribution in [1.29, 1.82) is 0 Å². The standard InChI is InChI=1S/C16H21NO4/c1-12(21-13-8-4-3-5-9-13)15(18)17-11-7-6-10-14(17)16(19)20-2/h3-5,8-9,12,14H,6-7,10-11H2,1-2H3. The fraction of sp³-hybridized carbons (Fsp3) is 0.500. The predicted molar refractivity (Wildman–Crippen MR) is 77.9 cm³/mol. The van der Waals surface area contributed by atoms with Gasteiger partial charge in [0.1, 0.15) is 11.8 Å². The van der Waals surface area contributed by atoms with Gasteiger partial charge in [-0.2, -0.15) is 0 Å². The number of ether oxygens (including phenoxy) is 2. The monoisotopic (exact) mass is 291 g/mol. The van der Waals surface area contributed by atoms with Gasteiger partial charge in [-0.05, 0) is 38.3 Å². The molecule has 1 aliphatic heterocycles. The Labute approximate surface area is 124 Å². The largest absolute Gasteiger partial charge is 0.481 e. The maximum atomic E-state index is 12.5. The number of amides is 1. The number of para-hydroxylation sites is 1. The molecule has 0 radical (unpaired) electrons. The highest BCUT2D eigenvalue weighted by Crippen LogP contribution is 2.20. The van der Waals surface area contributed by atoms with Crippen molar-refractivity contribution in [2.75, 3.05) is 13.7 Å². The maximum Gasteiger partial charge on any atom is 0.328 e. The Morgan fingerprint density at radius 2 is 1.95 bits per heavy atom. The Morgan fingerprint density at radius 1 is 1.24 bits per heavy atom. The van der Waals surface area contributed by atoms with Gasteiger partial charge in [0.25, 0.3) is 5.91 Å². The summed E-state index contributed by atoms with van der Waals surface area (Å²) >= 11 is 0. The van der Waals surface area contributed by atoms with Gasteiger partial charge in [0, 0.05) is 6.54 Å². The minimum absolute atomic E-state index is 0.172. The number of piperidine rings is 1. The summed E-state index contributed by atoms with van der Waals surface area (Å²) in [5, 5.41) is 0. The van der Waals surface area contributed by atoms with Crippen LogP contribution in [-0.4, -0.2) is 42.6 Å². The van der Waals surface area contributed by atoms with Crippen LogP contribution in [0.4, 0.5) is 0 Å². The van der Waals surface area contributed by atoms with Crippen molar-refractivity contribution in [2.45, 2.75) is 38.3 Å². The predicted octanol–water partition coefficient (Wildman–Crippen LogP) is 2.01. The van der Waals surface area contributed by atoms with E-state index in [9.17, 15) is 9.59 Å².